The van der Waals surface area contributed by atoms with E-state index in [0.717, 1.165) is 12.8 Å². The van der Waals surface area contributed by atoms with Gasteiger partial charge in [0, 0.05) is 25.8 Å². The molecule has 0 fully saturated rings. The van der Waals surface area contributed by atoms with Crippen molar-refractivity contribution < 1.29 is 19.8 Å². The summed E-state index contributed by atoms with van der Waals surface area (Å²) in [5, 5.41) is 21.7. The lowest BCUT2D eigenvalue weighted by atomic mass is 9.76. The molecule has 0 heterocycles. The van der Waals surface area contributed by atoms with E-state index in [-0.39, 0.29) is 43.0 Å². The number of unbranched alkanes of at least 4 members (excludes halogenated alkanes) is 1. The first kappa shape index (κ1) is 22.3. The second-order valence-corrected chi connectivity index (χ2v) is 7.07. The van der Waals surface area contributed by atoms with Crippen LogP contribution in [0.3, 0.4) is 0 Å². The third-order valence-corrected chi connectivity index (χ3v) is 3.85. The van der Waals surface area contributed by atoms with Crippen LogP contribution in [0.25, 0.3) is 0 Å². The molecule has 6 nitrogen and oxygen atoms in total. The van der Waals surface area contributed by atoms with Gasteiger partial charge in [-0.1, -0.05) is 34.1 Å². The van der Waals surface area contributed by atoms with Gasteiger partial charge in [0.05, 0.1) is 6.42 Å². The number of hydrogen-bond donors (Lipinski definition) is 4. The van der Waals surface area contributed by atoms with Gasteiger partial charge in [0.1, 0.15) is 0 Å². The Kier molecular flexibility index (Phi) is 12.3. The molecule has 0 saturated carbocycles. The van der Waals surface area contributed by atoms with Crippen molar-refractivity contribution in [1.29, 1.82) is 0 Å². The maximum absolute atomic E-state index is 12.0. The van der Waals surface area contributed by atoms with Crippen molar-refractivity contribution in [3.8, 4) is 0 Å². The van der Waals surface area contributed by atoms with Gasteiger partial charge in [-0.05, 0) is 37.1 Å². The van der Waals surface area contributed by atoms with Gasteiger partial charge in [0.2, 0.25) is 0 Å². The van der Waals surface area contributed by atoms with Crippen LogP contribution in [0.2, 0.25) is 0 Å². The molecule has 0 aliphatic heterocycles. The zero-order valence-electron chi connectivity index (χ0n) is 15.2. The fourth-order valence-electron chi connectivity index (χ4n) is 2.71. The average molecular weight is 332 g/mol. The van der Waals surface area contributed by atoms with E-state index in [9.17, 15) is 9.90 Å². The number of carbonyl (C=O) groups is 1. The summed E-state index contributed by atoms with van der Waals surface area (Å²) >= 11 is 0. The van der Waals surface area contributed by atoms with E-state index in [0.29, 0.717) is 25.9 Å². The number of hydroxylamine groups is 1. The van der Waals surface area contributed by atoms with Crippen LogP contribution < -0.4 is 10.8 Å². The summed E-state index contributed by atoms with van der Waals surface area (Å²) < 4.78 is 0. The van der Waals surface area contributed by atoms with Gasteiger partial charge < -0.3 is 20.4 Å². The van der Waals surface area contributed by atoms with E-state index in [1.54, 1.807) is 0 Å². The number of rotatable bonds is 13. The van der Waals surface area contributed by atoms with E-state index in [1.165, 1.54) is 0 Å². The minimum absolute atomic E-state index is 0.0147. The van der Waals surface area contributed by atoms with E-state index in [4.69, 9.17) is 9.94 Å². The van der Waals surface area contributed by atoms with E-state index >= 15 is 0 Å². The van der Waals surface area contributed by atoms with E-state index in [1.807, 2.05) is 0 Å². The summed E-state index contributed by atoms with van der Waals surface area (Å²) in [5.41, 5.74) is 2.63. The largest absolute Gasteiger partial charge is 0.396 e. The third kappa shape index (κ3) is 10.7. The highest BCUT2D eigenvalue weighted by Crippen LogP contribution is 2.29. The molecule has 0 aromatic carbocycles. The second-order valence-electron chi connectivity index (χ2n) is 7.07. The Morgan fingerprint density at radius 2 is 1.83 bits per heavy atom. The van der Waals surface area contributed by atoms with Gasteiger partial charge >= 0.3 is 5.97 Å². The van der Waals surface area contributed by atoms with Crippen molar-refractivity contribution in [2.24, 2.45) is 11.3 Å². The molecule has 0 bridgehead atoms. The van der Waals surface area contributed by atoms with Gasteiger partial charge in [0.25, 0.3) is 0 Å². The van der Waals surface area contributed by atoms with Crippen molar-refractivity contribution in [3.63, 3.8) is 0 Å². The second kappa shape index (κ2) is 12.7. The molecule has 4 N–H and O–H groups in total. The predicted molar refractivity (Wildman–Crippen MR) is 91.8 cm³/mol. The number of aliphatic hydroxyl groups is 2. The highest BCUT2D eigenvalue weighted by atomic mass is 16.7. The van der Waals surface area contributed by atoms with Crippen LogP contribution >= 0.6 is 0 Å². The monoisotopic (exact) mass is 332 g/mol. The van der Waals surface area contributed by atoms with Gasteiger partial charge in [-0.2, -0.15) is 5.48 Å². The lowest BCUT2D eigenvalue weighted by Gasteiger charge is -2.37. The van der Waals surface area contributed by atoms with Gasteiger partial charge in [-0.15, -0.1) is 0 Å². The smallest absolute Gasteiger partial charge is 0.325 e. The number of aliphatic hydroxyl groups excluding tert-OH is 2. The molecule has 6 heteroatoms. The molecular weight excluding hydrogens is 296 g/mol. The number of nitrogens with one attached hydrogen (secondary N) is 2. The standard InChI is InChI=1S/C17H36N2O4/c1-5-6-10-19-23-15(22)13-14(8-12-21)16(17(2,3)4)18-9-7-11-20/h14,16,18-21H,5-13H2,1-4H3. The molecule has 0 radical (unpaired) electrons. The number of hydrogen-bond acceptors (Lipinski definition) is 6. The van der Waals surface area contributed by atoms with Crippen molar-refractivity contribution in [2.45, 2.75) is 65.8 Å². The summed E-state index contributed by atoms with van der Waals surface area (Å²) in [5.74, 6) is -0.308. The SMILES string of the molecule is CCCCNOC(=O)CC(CCO)C(NCCCO)C(C)(C)C. The first-order chi connectivity index (χ1) is 10.9. The minimum atomic E-state index is -0.294. The van der Waals surface area contributed by atoms with Crippen LogP contribution in [0, 0.1) is 11.3 Å². The molecule has 138 valence electrons. The molecule has 23 heavy (non-hydrogen) atoms. The first-order valence-corrected chi connectivity index (χ1v) is 8.74. The van der Waals surface area contributed by atoms with Gasteiger partial charge in [-0.25, -0.2) is 0 Å². The zero-order chi connectivity index (χ0) is 17.7. The Morgan fingerprint density at radius 3 is 2.35 bits per heavy atom. The molecule has 0 rings (SSSR count). The first-order valence-electron chi connectivity index (χ1n) is 8.74. The van der Waals surface area contributed by atoms with Crippen molar-refractivity contribution in [2.75, 3.05) is 26.3 Å². The molecule has 0 aromatic heterocycles. The molecule has 2 atom stereocenters. The van der Waals surface area contributed by atoms with Gasteiger partial charge in [0.15, 0.2) is 0 Å². The highest BCUT2D eigenvalue weighted by Gasteiger charge is 2.33. The van der Waals surface area contributed by atoms with Crippen molar-refractivity contribution >= 4 is 5.97 Å². The molecule has 0 saturated heterocycles. The van der Waals surface area contributed by atoms with Crippen LogP contribution in [0.1, 0.15) is 59.8 Å². The van der Waals surface area contributed by atoms with Crippen molar-refractivity contribution in [1.82, 2.24) is 10.8 Å². The molecule has 0 aliphatic rings. The summed E-state index contributed by atoms with van der Waals surface area (Å²) in [4.78, 5) is 17.1. The Hall–Kier alpha value is -0.690. The Morgan fingerprint density at radius 1 is 1.13 bits per heavy atom. The van der Waals surface area contributed by atoms with Crippen LogP contribution in [0.5, 0.6) is 0 Å². The lowest BCUT2D eigenvalue weighted by Crippen LogP contribution is -2.47. The normalized spacial score (nSPS) is 14.5. The fraction of sp³-hybridized carbons (Fsp3) is 0.941. The highest BCUT2D eigenvalue weighted by molar-refractivity contribution is 5.69. The number of carbonyl (C=O) groups excluding carboxylic acids is 1. The molecule has 0 spiro atoms. The topological polar surface area (TPSA) is 90.8 Å². The van der Waals surface area contributed by atoms with Crippen LogP contribution in [0.4, 0.5) is 0 Å². The van der Waals surface area contributed by atoms with Crippen LogP contribution in [-0.4, -0.2) is 48.5 Å². The van der Waals surface area contributed by atoms with Crippen LogP contribution in [0.15, 0.2) is 0 Å². The molecular formula is C17H36N2O4. The minimum Gasteiger partial charge on any atom is -0.396 e. The third-order valence-electron chi connectivity index (χ3n) is 3.85. The molecule has 0 aliphatic carbocycles. The summed E-state index contributed by atoms with van der Waals surface area (Å²) in [6.45, 7) is 9.92. The van der Waals surface area contributed by atoms with E-state index < -0.39 is 0 Å². The fourth-order valence-corrected chi connectivity index (χ4v) is 2.71. The molecule has 2 unspecified atom stereocenters. The summed E-state index contributed by atoms with van der Waals surface area (Å²) in [6.07, 6.45) is 3.46. The summed E-state index contributed by atoms with van der Waals surface area (Å²) in [6, 6.07) is 0.0596. The Bertz CT molecular complexity index is 305. The van der Waals surface area contributed by atoms with Gasteiger partial charge in [-0.3, -0.25) is 4.79 Å². The van der Waals surface area contributed by atoms with Crippen LogP contribution in [-0.2, 0) is 9.63 Å². The maximum atomic E-state index is 12.0. The lowest BCUT2D eigenvalue weighted by molar-refractivity contribution is -0.153. The van der Waals surface area contributed by atoms with Crippen molar-refractivity contribution in [3.05, 3.63) is 0 Å². The predicted octanol–water partition coefficient (Wildman–Crippen LogP) is 1.61. The average Bonchev–Trinajstić information content (AvgIpc) is 2.46. The molecule has 0 amide bonds. The molecule has 0 aromatic rings. The Labute approximate surface area is 140 Å². The maximum Gasteiger partial charge on any atom is 0.325 e. The zero-order valence-corrected chi connectivity index (χ0v) is 15.2. The van der Waals surface area contributed by atoms with E-state index in [2.05, 4.69) is 38.5 Å². The quantitative estimate of drug-likeness (QED) is 0.303. The summed E-state index contributed by atoms with van der Waals surface area (Å²) in [7, 11) is 0. The Balaban J connectivity index is 4.63.